The van der Waals surface area contributed by atoms with E-state index in [0.29, 0.717) is 26.1 Å². The average molecular weight is 213 g/mol. The molecule has 0 radical (unpaired) electrons. The van der Waals surface area contributed by atoms with Crippen LogP contribution in [0.4, 0.5) is 0 Å². The van der Waals surface area contributed by atoms with Crippen molar-refractivity contribution in [3.8, 4) is 0 Å². The molecule has 0 spiro atoms. The molecule has 86 valence electrons. The summed E-state index contributed by atoms with van der Waals surface area (Å²) in [6.45, 7) is 6.01. The van der Waals surface area contributed by atoms with Gasteiger partial charge in [0.25, 0.3) is 0 Å². The molecule has 0 aromatic carbocycles. The number of carbonyl (C=O) groups excluding carboxylic acids is 2. The van der Waals surface area contributed by atoms with Crippen LogP contribution in [-0.4, -0.2) is 53.8 Å². The maximum atomic E-state index is 11.7. The minimum absolute atomic E-state index is 0.00227. The van der Waals surface area contributed by atoms with E-state index in [4.69, 9.17) is 5.73 Å². The monoisotopic (exact) mass is 213 g/mol. The molecule has 1 saturated heterocycles. The van der Waals surface area contributed by atoms with E-state index >= 15 is 0 Å². The van der Waals surface area contributed by atoms with Gasteiger partial charge in [0.15, 0.2) is 0 Å². The Bertz CT molecular complexity index is 251. The fourth-order valence-electron chi connectivity index (χ4n) is 1.76. The quantitative estimate of drug-likeness (QED) is 0.679. The van der Waals surface area contributed by atoms with Gasteiger partial charge < -0.3 is 15.5 Å². The molecule has 1 aliphatic rings. The van der Waals surface area contributed by atoms with Crippen LogP contribution in [0, 0.1) is 0 Å². The largest absolute Gasteiger partial charge is 0.342 e. The van der Waals surface area contributed by atoms with Crippen molar-refractivity contribution in [3.05, 3.63) is 0 Å². The Morgan fingerprint density at radius 3 is 2.53 bits per heavy atom. The topological polar surface area (TPSA) is 66.6 Å². The first kappa shape index (κ1) is 12.0. The van der Waals surface area contributed by atoms with Gasteiger partial charge in [0.05, 0.1) is 12.6 Å². The maximum Gasteiger partial charge on any atom is 0.242 e. The lowest BCUT2D eigenvalue weighted by atomic mass is 10.3. The van der Waals surface area contributed by atoms with Crippen molar-refractivity contribution in [1.82, 2.24) is 9.80 Å². The van der Waals surface area contributed by atoms with Crippen LogP contribution in [0.1, 0.15) is 20.3 Å². The summed E-state index contributed by atoms with van der Waals surface area (Å²) in [6, 6.07) is -0.408. The number of nitrogens with zero attached hydrogens (tertiary/aromatic N) is 2. The summed E-state index contributed by atoms with van der Waals surface area (Å²) >= 11 is 0. The SMILES string of the molecule is CCN(CC)C(=O)CN1CCC(N)C1=O. The van der Waals surface area contributed by atoms with Crippen molar-refractivity contribution in [1.29, 1.82) is 0 Å². The second-order valence-corrected chi connectivity index (χ2v) is 3.72. The van der Waals surface area contributed by atoms with Gasteiger partial charge in [-0.3, -0.25) is 9.59 Å². The van der Waals surface area contributed by atoms with Crippen molar-refractivity contribution in [2.45, 2.75) is 26.3 Å². The standard InChI is InChI=1S/C10H19N3O2/c1-3-12(4-2)9(14)7-13-6-5-8(11)10(13)15/h8H,3-7,11H2,1-2H3. The molecule has 5 heteroatoms. The van der Waals surface area contributed by atoms with E-state index in [9.17, 15) is 9.59 Å². The lowest BCUT2D eigenvalue weighted by Crippen LogP contribution is -2.42. The van der Waals surface area contributed by atoms with Crippen molar-refractivity contribution < 1.29 is 9.59 Å². The first-order valence-electron chi connectivity index (χ1n) is 5.42. The van der Waals surface area contributed by atoms with Crippen LogP contribution in [-0.2, 0) is 9.59 Å². The van der Waals surface area contributed by atoms with E-state index < -0.39 is 6.04 Å². The van der Waals surface area contributed by atoms with Gasteiger partial charge in [-0.25, -0.2) is 0 Å². The van der Waals surface area contributed by atoms with Crippen LogP contribution in [0.15, 0.2) is 0 Å². The number of hydrogen-bond acceptors (Lipinski definition) is 3. The summed E-state index contributed by atoms with van der Waals surface area (Å²) in [5, 5.41) is 0. The van der Waals surface area contributed by atoms with Crippen LogP contribution < -0.4 is 5.73 Å². The summed E-state index contributed by atoms with van der Waals surface area (Å²) in [5.74, 6) is -0.0991. The van der Waals surface area contributed by atoms with Crippen molar-refractivity contribution in [2.24, 2.45) is 5.73 Å². The van der Waals surface area contributed by atoms with Crippen LogP contribution in [0.3, 0.4) is 0 Å². The lowest BCUT2D eigenvalue weighted by molar-refractivity contribution is -0.138. The van der Waals surface area contributed by atoms with Gasteiger partial charge in [-0.1, -0.05) is 0 Å². The van der Waals surface area contributed by atoms with Crippen molar-refractivity contribution >= 4 is 11.8 Å². The Kier molecular flexibility index (Phi) is 4.08. The summed E-state index contributed by atoms with van der Waals surface area (Å²) in [4.78, 5) is 26.4. The molecule has 1 heterocycles. The highest BCUT2D eigenvalue weighted by molar-refractivity contribution is 5.88. The van der Waals surface area contributed by atoms with E-state index in [1.165, 1.54) is 0 Å². The summed E-state index contributed by atoms with van der Waals surface area (Å²) in [7, 11) is 0. The number of rotatable bonds is 4. The number of carbonyl (C=O) groups is 2. The average Bonchev–Trinajstić information content (AvgIpc) is 2.52. The molecule has 2 N–H and O–H groups in total. The molecule has 0 saturated carbocycles. The van der Waals surface area contributed by atoms with E-state index in [0.717, 1.165) is 0 Å². The predicted octanol–water partition coefficient (Wildman–Crippen LogP) is -0.586. The Morgan fingerprint density at radius 1 is 1.53 bits per heavy atom. The third-order valence-corrected chi connectivity index (χ3v) is 2.78. The van der Waals surface area contributed by atoms with E-state index in [-0.39, 0.29) is 18.4 Å². The molecule has 0 bridgehead atoms. The minimum Gasteiger partial charge on any atom is -0.342 e. The minimum atomic E-state index is -0.408. The summed E-state index contributed by atoms with van der Waals surface area (Å²) in [5.41, 5.74) is 5.57. The second kappa shape index (κ2) is 5.11. The first-order chi connectivity index (χ1) is 7.10. The van der Waals surface area contributed by atoms with Gasteiger partial charge in [-0.15, -0.1) is 0 Å². The number of amides is 2. The van der Waals surface area contributed by atoms with Gasteiger partial charge in [-0.05, 0) is 20.3 Å². The molecule has 15 heavy (non-hydrogen) atoms. The van der Waals surface area contributed by atoms with Gasteiger partial charge in [0.2, 0.25) is 11.8 Å². The fraction of sp³-hybridized carbons (Fsp3) is 0.800. The first-order valence-corrected chi connectivity index (χ1v) is 5.42. The molecule has 1 atom stereocenters. The molecule has 0 aromatic rings. The van der Waals surface area contributed by atoms with Crippen LogP contribution in [0.2, 0.25) is 0 Å². The zero-order valence-corrected chi connectivity index (χ0v) is 9.40. The Hall–Kier alpha value is -1.10. The molecule has 1 unspecified atom stereocenters. The highest BCUT2D eigenvalue weighted by Gasteiger charge is 2.30. The van der Waals surface area contributed by atoms with Crippen molar-refractivity contribution in [2.75, 3.05) is 26.2 Å². The zero-order valence-electron chi connectivity index (χ0n) is 9.40. The molecule has 1 fully saturated rings. The number of nitrogens with two attached hydrogens (primary N) is 1. The van der Waals surface area contributed by atoms with E-state index in [2.05, 4.69) is 0 Å². The summed E-state index contributed by atoms with van der Waals surface area (Å²) in [6.07, 6.45) is 0.657. The van der Waals surface area contributed by atoms with Gasteiger partial charge in [0, 0.05) is 19.6 Å². The zero-order chi connectivity index (χ0) is 11.4. The van der Waals surface area contributed by atoms with Crippen LogP contribution in [0.25, 0.3) is 0 Å². The second-order valence-electron chi connectivity index (χ2n) is 3.72. The molecular formula is C10H19N3O2. The molecule has 2 amide bonds. The van der Waals surface area contributed by atoms with Crippen LogP contribution in [0.5, 0.6) is 0 Å². The van der Waals surface area contributed by atoms with E-state index in [1.807, 2.05) is 13.8 Å². The molecule has 1 rings (SSSR count). The number of likely N-dealkylation sites (N-methyl/N-ethyl adjacent to an activating group) is 1. The maximum absolute atomic E-state index is 11.7. The predicted molar refractivity (Wildman–Crippen MR) is 57.1 cm³/mol. The molecule has 5 nitrogen and oxygen atoms in total. The third kappa shape index (κ3) is 2.68. The molecular weight excluding hydrogens is 194 g/mol. The van der Waals surface area contributed by atoms with E-state index in [1.54, 1.807) is 9.80 Å². The Labute approximate surface area is 90.2 Å². The van der Waals surface area contributed by atoms with Gasteiger partial charge >= 0.3 is 0 Å². The number of likely N-dealkylation sites (tertiary alicyclic amines) is 1. The number of hydrogen-bond donors (Lipinski definition) is 1. The lowest BCUT2D eigenvalue weighted by Gasteiger charge is -2.22. The van der Waals surface area contributed by atoms with Gasteiger partial charge in [-0.2, -0.15) is 0 Å². The molecule has 0 aromatic heterocycles. The highest BCUT2D eigenvalue weighted by Crippen LogP contribution is 2.08. The Balaban J connectivity index is 2.48. The van der Waals surface area contributed by atoms with Gasteiger partial charge in [0.1, 0.15) is 0 Å². The normalized spacial score (nSPS) is 20.9. The molecule has 1 aliphatic heterocycles. The Morgan fingerprint density at radius 2 is 2.13 bits per heavy atom. The third-order valence-electron chi connectivity index (χ3n) is 2.78. The fourth-order valence-corrected chi connectivity index (χ4v) is 1.76. The summed E-state index contributed by atoms with van der Waals surface area (Å²) < 4.78 is 0. The molecule has 0 aliphatic carbocycles. The highest BCUT2D eigenvalue weighted by atomic mass is 16.2. The van der Waals surface area contributed by atoms with Crippen LogP contribution >= 0.6 is 0 Å². The smallest absolute Gasteiger partial charge is 0.242 e. The van der Waals surface area contributed by atoms with Crippen molar-refractivity contribution in [3.63, 3.8) is 0 Å².